The zero-order valence-corrected chi connectivity index (χ0v) is 12.2. The molecule has 2 nitrogen and oxygen atoms in total. The lowest BCUT2D eigenvalue weighted by Gasteiger charge is -2.05. The molecule has 0 saturated heterocycles. The van der Waals surface area contributed by atoms with Gasteiger partial charge >= 0.3 is 0 Å². The van der Waals surface area contributed by atoms with Crippen molar-refractivity contribution >= 4 is 23.2 Å². The Morgan fingerprint density at radius 2 is 1.47 bits per heavy atom. The number of hydrogen-bond acceptors (Lipinski definition) is 1. The minimum Gasteiger partial charge on any atom is -0.322 e. The number of amides is 1. The zero-order chi connectivity index (χ0) is 14.3. The molecule has 0 spiro atoms. The molecule has 0 bridgehead atoms. The van der Waals surface area contributed by atoms with Crippen molar-refractivity contribution in [1.29, 1.82) is 0 Å². The molecular formula is C16H18ClNO. The fourth-order valence-electron chi connectivity index (χ4n) is 1.44. The van der Waals surface area contributed by atoms with Crippen molar-refractivity contribution in [3.63, 3.8) is 0 Å². The third-order valence-electron chi connectivity index (χ3n) is 2.42. The number of hydrogen-bond donors (Lipinski definition) is 1. The Morgan fingerprint density at radius 1 is 0.947 bits per heavy atom. The Kier molecular flexibility index (Phi) is 6.10. The van der Waals surface area contributed by atoms with Crippen LogP contribution < -0.4 is 5.32 Å². The molecule has 0 aliphatic heterocycles. The number of anilines is 1. The van der Waals surface area contributed by atoms with Crippen LogP contribution in [0.25, 0.3) is 0 Å². The van der Waals surface area contributed by atoms with Crippen molar-refractivity contribution in [3.05, 3.63) is 64.7 Å². The Balaban J connectivity index is 0.000000861. The normalized spacial score (nSPS) is 9.26. The Bertz CT molecular complexity index is 517. The molecule has 0 heterocycles. The number of carbonyl (C=O) groups is 1. The van der Waals surface area contributed by atoms with Gasteiger partial charge in [0.05, 0.1) is 0 Å². The molecule has 0 saturated carbocycles. The van der Waals surface area contributed by atoms with Crippen LogP contribution in [0.1, 0.15) is 29.8 Å². The van der Waals surface area contributed by atoms with E-state index in [2.05, 4.69) is 5.32 Å². The molecule has 1 N–H and O–H groups in total. The summed E-state index contributed by atoms with van der Waals surface area (Å²) >= 11 is 5.77. The second-order valence-electron chi connectivity index (χ2n) is 3.83. The second kappa shape index (κ2) is 7.59. The maximum absolute atomic E-state index is 11.9. The quantitative estimate of drug-likeness (QED) is 0.827. The van der Waals surface area contributed by atoms with Crippen LogP contribution in [0.3, 0.4) is 0 Å². The van der Waals surface area contributed by atoms with E-state index in [1.807, 2.05) is 32.9 Å². The summed E-state index contributed by atoms with van der Waals surface area (Å²) in [4.78, 5) is 11.9. The molecule has 0 aliphatic rings. The Labute approximate surface area is 119 Å². The van der Waals surface area contributed by atoms with Gasteiger partial charge in [-0.25, -0.2) is 0 Å². The molecule has 19 heavy (non-hydrogen) atoms. The third kappa shape index (κ3) is 4.76. The molecule has 1 amide bonds. The number of aryl methyl sites for hydroxylation is 1. The van der Waals surface area contributed by atoms with Gasteiger partial charge in [0.1, 0.15) is 0 Å². The molecule has 0 atom stereocenters. The van der Waals surface area contributed by atoms with Crippen molar-refractivity contribution in [3.8, 4) is 0 Å². The van der Waals surface area contributed by atoms with E-state index in [1.165, 1.54) is 0 Å². The smallest absolute Gasteiger partial charge is 0.255 e. The molecule has 2 rings (SSSR count). The summed E-state index contributed by atoms with van der Waals surface area (Å²) in [5.41, 5.74) is 2.51. The van der Waals surface area contributed by atoms with Gasteiger partial charge in [-0.05, 0) is 43.3 Å². The van der Waals surface area contributed by atoms with Crippen LogP contribution >= 0.6 is 11.6 Å². The number of halogens is 1. The van der Waals surface area contributed by atoms with E-state index in [0.717, 1.165) is 11.3 Å². The standard InChI is InChI=1S/C14H12ClNO.C2H6/c1-10-2-4-11(5-3-10)14(17)16-13-8-6-12(15)7-9-13;1-2/h2-9H,1H3,(H,16,17);1-2H3. The molecule has 0 aliphatic carbocycles. The maximum Gasteiger partial charge on any atom is 0.255 e. The molecule has 0 unspecified atom stereocenters. The van der Waals surface area contributed by atoms with Gasteiger partial charge < -0.3 is 5.32 Å². The lowest BCUT2D eigenvalue weighted by atomic mass is 10.1. The molecule has 2 aromatic rings. The lowest BCUT2D eigenvalue weighted by Crippen LogP contribution is -2.11. The van der Waals surface area contributed by atoms with Crippen LogP contribution in [0.4, 0.5) is 5.69 Å². The Morgan fingerprint density at radius 3 is 2.00 bits per heavy atom. The van der Waals surface area contributed by atoms with Crippen LogP contribution in [-0.4, -0.2) is 5.91 Å². The van der Waals surface area contributed by atoms with E-state index >= 15 is 0 Å². The fraction of sp³-hybridized carbons (Fsp3) is 0.188. The molecule has 100 valence electrons. The van der Waals surface area contributed by atoms with E-state index in [1.54, 1.807) is 36.4 Å². The molecular weight excluding hydrogens is 258 g/mol. The molecule has 0 radical (unpaired) electrons. The van der Waals surface area contributed by atoms with Gasteiger partial charge in [0.2, 0.25) is 0 Å². The van der Waals surface area contributed by atoms with Gasteiger partial charge in [-0.2, -0.15) is 0 Å². The van der Waals surface area contributed by atoms with E-state index in [4.69, 9.17) is 11.6 Å². The van der Waals surface area contributed by atoms with Gasteiger partial charge in [-0.15, -0.1) is 0 Å². The number of benzene rings is 2. The average Bonchev–Trinajstić information content (AvgIpc) is 2.44. The summed E-state index contributed by atoms with van der Waals surface area (Å²) in [5.74, 6) is -0.118. The maximum atomic E-state index is 11.9. The van der Waals surface area contributed by atoms with E-state index < -0.39 is 0 Å². The second-order valence-corrected chi connectivity index (χ2v) is 4.26. The highest BCUT2D eigenvalue weighted by Crippen LogP contribution is 2.14. The first-order valence-electron chi connectivity index (χ1n) is 6.29. The SMILES string of the molecule is CC.Cc1ccc(C(=O)Nc2ccc(Cl)cc2)cc1. The van der Waals surface area contributed by atoms with Gasteiger partial charge in [-0.1, -0.05) is 43.1 Å². The highest BCUT2D eigenvalue weighted by Gasteiger charge is 2.04. The van der Waals surface area contributed by atoms with Crippen molar-refractivity contribution in [1.82, 2.24) is 0 Å². The largest absolute Gasteiger partial charge is 0.322 e. The third-order valence-corrected chi connectivity index (χ3v) is 2.67. The molecule has 0 aromatic heterocycles. The van der Waals surface area contributed by atoms with Crippen molar-refractivity contribution in [2.24, 2.45) is 0 Å². The fourth-order valence-corrected chi connectivity index (χ4v) is 1.57. The topological polar surface area (TPSA) is 29.1 Å². The summed E-state index contributed by atoms with van der Waals surface area (Å²) in [6.45, 7) is 5.99. The van der Waals surface area contributed by atoms with Crippen LogP contribution in [0.2, 0.25) is 5.02 Å². The van der Waals surface area contributed by atoms with Crippen LogP contribution in [0, 0.1) is 6.92 Å². The first kappa shape index (κ1) is 15.3. The summed E-state index contributed by atoms with van der Waals surface area (Å²) in [6, 6.07) is 14.5. The summed E-state index contributed by atoms with van der Waals surface area (Å²) in [6.07, 6.45) is 0. The predicted molar refractivity (Wildman–Crippen MR) is 81.9 cm³/mol. The Hall–Kier alpha value is -1.80. The first-order valence-corrected chi connectivity index (χ1v) is 6.66. The molecule has 0 fully saturated rings. The number of rotatable bonds is 2. The van der Waals surface area contributed by atoms with Crippen LogP contribution in [0.5, 0.6) is 0 Å². The van der Waals surface area contributed by atoms with Crippen molar-refractivity contribution < 1.29 is 4.79 Å². The monoisotopic (exact) mass is 275 g/mol. The molecule has 2 aromatic carbocycles. The first-order chi connectivity index (χ1) is 9.15. The average molecular weight is 276 g/mol. The summed E-state index contributed by atoms with van der Waals surface area (Å²) in [7, 11) is 0. The van der Waals surface area contributed by atoms with Crippen LogP contribution in [0.15, 0.2) is 48.5 Å². The van der Waals surface area contributed by atoms with E-state index in [0.29, 0.717) is 10.6 Å². The highest BCUT2D eigenvalue weighted by molar-refractivity contribution is 6.30. The number of carbonyl (C=O) groups excluding carboxylic acids is 1. The van der Waals surface area contributed by atoms with E-state index in [9.17, 15) is 4.79 Å². The predicted octanol–water partition coefficient (Wildman–Crippen LogP) is 4.93. The molecule has 3 heteroatoms. The lowest BCUT2D eigenvalue weighted by molar-refractivity contribution is 0.102. The van der Waals surface area contributed by atoms with Crippen LogP contribution in [-0.2, 0) is 0 Å². The minimum atomic E-state index is -0.118. The van der Waals surface area contributed by atoms with Gasteiger partial charge in [0.25, 0.3) is 5.91 Å². The van der Waals surface area contributed by atoms with Crippen molar-refractivity contribution in [2.75, 3.05) is 5.32 Å². The van der Waals surface area contributed by atoms with E-state index in [-0.39, 0.29) is 5.91 Å². The highest BCUT2D eigenvalue weighted by atomic mass is 35.5. The van der Waals surface area contributed by atoms with Crippen molar-refractivity contribution in [2.45, 2.75) is 20.8 Å². The summed E-state index contributed by atoms with van der Waals surface area (Å²) < 4.78 is 0. The van der Waals surface area contributed by atoms with Gasteiger partial charge in [0, 0.05) is 16.3 Å². The minimum absolute atomic E-state index is 0.118. The zero-order valence-electron chi connectivity index (χ0n) is 11.4. The van der Waals surface area contributed by atoms with Gasteiger partial charge in [0.15, 0.2) is 0 Å². The van der Waals surface area contributed by atoms with Gasteiger partial charge in [-0.3, -0.25) is 4.79 Å². The summed E-state index contributed by atoms with van der Waals surface area (Å²) in [5, 5.41) is 3.46. The number of nitrogens with one attached hydrogen (secondary N) is 1.